The molecule has 1 aromatic rings. The van der Waals surface area contributed by atoms with Crippen LogP contribution in [-0.4, -0.2) is 20.5 Å². The van der Waals surface area contributed by atoms with Crippen LogP contribution in [0, 0.1) is 0 Å². The van der Waals surface area contributed by atoms with Gasteiger partial charge in [-0.25, -0.2) is 13.1 Å². The molecule has 4 nitrogen and oxygen atoms in total. The van der Waals surface area contributed by atoms with Gasteiger partial charge in [-0.2, -0.15) is 0 Å². The van der Waals surface area contributed by atoms with E-state index in [1.54, 1.807) is 26.0 Å². The van der Waals surface area contributed by atoms with Crippen LogP contribution in [0.5, 0.6) is 0 Å². The van der Waals surface area contributed by atoms with Gasteiger partial charge in [-0.3, -0.25) is 0 Å². The molecule has 0 aliphatic carbocycles. The third-order valence-electron chi connectivity index (χ3n) is 2.49. The van der Waals surface area contributed by atoms with Crippen LogP contribution in [0.3, 0.4) is 0 Å². The molecule has 1 rings (SSSR count). The molecule has 0 saturated carbocycles. The highest BCUT2D eigenvalue weighted by molar-refractivity contribution is 7.89. The largest absolute Gasteiger partial charge is 0.324 e. The second-order valence-electron chi connectivity index (χ2n) is 5.21. The van der Waals surface area contributed by atoms with Gasteiger partial charge >= 0.3 is 0 Å². The van der Waals surface area contributed by atoms with Crippen LogP contribution >= 0.6 is 0 Å². The normalized spacial score (nSPS) is 12.7. The highest BCUT2D eigenvalue weighted by Gasteiger charge is 2.18. The van der Waals surface area contributed by atoms with Crippen LogP contribution in [0.4, 0.5) is 0 Å². The van der Waals surface area contributed by atoms with Crippen LogP contribution in [0.15, 0.2) is 29.2 Å². The summed E-state index contributed by atoms with van der Waals surface area (Å²) >= 11 is 0. The molecule has 0 saturated heterocycles. The molecule has 5 heteroatoms. The first-order chi connectivity index (χ1) is 8.24. The minimum absolute atomic E-state index is 0.214. The van der Waals surface area contributed by atoms with E-state index in [0.717, 1.165) is 18.4 Å². The first-order valence-corrected chi connectivity index (χ1v) is 7.60. The molecule has 0 amide bonds. The van der Waals surface area contributed by atoms with Crippen molar-refractivity contribution in [1.82, 2.24) is 4.72 Å². The minimum Gasteiger partial charge on any atom is -0.324 e. The number of sulfonamides is 1. The summed E-state index contributed by atoms with van der Waals surface area (Å²) in [6.07, 6.45) is 2.01. The average molecular weight is 270 g/mol. The molecule has 0 atom stereocenters. The van der Waals surface area contributed by atoms with E-state index >= 15 is 0 Å². The van der Waals surface area contributed by atoms with E-state index < -0.39 is 15.6 Å². The van der Waals surface area contributed by atoms with Crippen molar-refractivity contribution in [3.63, 3.8) is 0 Å². The van der Waals surface area contributed by atoms with Gasteiger partial charge in [-0.1, -0.05) is 25.5 Å². The summed E-state index contributed by atoms with van der Waals surface area (Å²) in [7, 11) is -3.46. The van der Waals surface area contributed by atoms with Crippen molar-refractivity contribution < 1.29 is 8.42 Å². The fourth-order valence-electron chi connectivity index (χ4n) is 1.49. The molecule has 0 spiro atoms. The molecule has 0 aliphatic heterocycles. The average Bonchev–Trinajstić information content (AvgIpc) is 2.27. The Morgan fingerprint density at radius 2 is 1.78 bits per heavy atom. The molecular formula is C13H22N2O2S. The number of benzene rings is 1. The van der Waals surface area contributed by atoms with Gasteiger partial charge in [0, 0.05) is 12.1 Å². The summed E-state index contributed by atoms with van der Waals surface area (Å²) in [6.45, 7) is 5.86. The van der Waals surface area contributed by atoms with Gasteiger partial charge in [0.15, 0.2) is 0 Å². The smallest absolute Gasteiger partial charge is 0.240 e. The third kappa shape index (κ3) is 4.76. The van der Waals surface area contributed by atoms with Crippen LogP contribution in [0.1, 0.15) is 32.8 Å². The molecule has 0 aliphatic rings. The summed E-state index contributed by atoms with van der Waals surface area (Å²) < 4.78 is 26.5. The van der Waals surface area contributed by atoms with Crippen LogP contribution in [0.2, 0.25) is 0 Å². The molecule has 0 fully saturated rings. The summed E-state index contributed by atoms with van der Waals surface area (Å²) in [4.78, 5) is 0.284. The second-order valence-corrected chi connectivity index (χ2v) is 6.97. The molecule has 0 unspecified atom stereocenters. The van der Waals surface area contributed by atoms with Crippen LogP contribution < -0.4 is 10.5 Å². The fourth-order valence-corrected chi connectivity index (χ4v) is 2.71. The van der Waals surface area contributed by atoms with E-state index in [-0.39, 0.29) is 11.4 Å². The Kier molecular flexibility index (Phi) is 4.90. The van der Waals surface area contributed by atoms with Crippen molar-refractivity contribution in [3.05, 3.63) is 29.8 Å². The molecule has 102 valence electrons. The van der Waals surface area contributed by atoms with Gasteiger partial charge in [0.25, 0.3) is 0 Å². The Hall–Kier alpha value is -0.910. The van der Waals surface area contributed by atoms with Crippen molar-refractivity contribution in [2.75, 3.05) is 6.54 Å². The molecule has 18 heavy (non-hydrogen) atoms. The Morgan fingerprint density at radius 1 is 1.22 bits per heavy atom. The van der Waals surface area contributed by atoms with Crippen LogP contribution in [-0.2, 0) is 16.4 Å². The third-order valence-corrected chi connectivity index (χ3v) is 3.91. The SMILES string of the molecule is CCCc1ccc(S(=O)(=O)NCC(C)(C)N)cc1. The number of aryl methyl sites for hydroxylation is 1. The highest BCUT2D eigenvalue weighted by Crippen LogP contribution is 2.12. The Morgan fingerprint density at radius 3 is 2.22 bits per heavy atom. The molecule has 1 aromatic carbocycles. The predicted molar refractivity (Wildman–Crippen MR) is 73.9 cm³/mol. The van der Waals surface area contributed by atoms with Gasteiger partial charge < -0.3 is 5.73 Å². The molecule has 0 radical (unpaired) electrons. The summed E-state index contributed by atoms with van der Waals surface area (Å²) in [5, 5.41) is 0. The van der Waals surface area contributed by atoms with Gasteiger partial charge in [0.2, 0.25) is 10.0 Å². The van der Waals surface area contributed by atoms with Crippen molar-refractivity contribution in [2.24, 2.45) is 5.73 Å². The number of nitrogens with one attached hydrogen (secondary N) is 1. The maximum absolute atomic E-state index is 12.0. The van der Waals surface area contributed by atoms with Gasteiger partial charge in [-0.15, -0.1) is 0 Å². The summed E-state index contributed by atoms with van der Waals surface area (Å²) in [5.74, 6) is 0. The molecule has 0 bridgehead atoms. The zero-order chi connectivity index (χ0) is 13.8. The summed E-state index contributed by atoms with van der Waals surface area (Å²) in [6, 6.07) is 6.98. The molecular weight excluding hydrogens is 248 g/mol. The molecule has 3 N–H and O–H groups in total. The maximum atomic E-state index is 12.0. The lowest BCUT2D eigenvalue weighted by atomic mass is 10.1. The number of rotatable bonds is 6. The standard InChI is InChI=1S/C13H22N2O2S/c1-4-5-11-6-8-12(9-7-11)18(16,17)15-10-13(2,3)14/h6-9,15H,4-5,10,14H2,1-3H3. The van der Waals surface area contributed by atoms with E-state index in [4.69, 9.17) is 5.73 Å². The highest BCUT2D eigenvalue weighted by atomic mass is 32.2. The van der Waals surface area contributed by atoms with Crippen molar-refractivity contribution in [2.45, 2.75) is 44.0 Å². The maximum Gasteiger partial charge on any atom is 0.240 e. The number of hydrogen-bond acceptors (Lipinski definition) is 3. The Balaban J connectivity index is 2.79. The zero-order valence-corrected chi connectivity index (χ0v) is 12.0. The Bertz CT molecular complexity index is 473. The van der Waals surface area contributed by atoms with Crippen molar-refractivity contribution in [1.29, 1.82) is 0 Å². The second kappa shape index (κ2) is 5.82. The quantitative estimate of drug-likeness (QED) is 0.825. The van der Waals surface area contributed by atoms with E-state index in [1.165, 1.54) is 0 Å². The van der Waals surface area contributed by atoms with Gasteiger partial charge in [0.05, 0.1) is 4.90 Å². The van der Waals surface area contributed by atoms with E-state index in [0.29, 0.717) is 0 Å². The van der Waals surface area contributed by atoms with Gasteiger partial charge in [-0.05, 0) is 38.0 Å². The van der Waals surface area contributed by atoms with E-state index in [9.17, 15) is 8.42 Å². The molecule has 0 heterocycles. The number of hydrogen-bond donors (Lipinski definition) is 2. The van der Waals surface area contributed by atoms with Gasteiger partial charge in [0.1, 0.15) is 0 Å². The van der Waals surface area contributed by atoms with E-state index in [2.05, 4.69) is 11.6 Å². The Labute approximate surface area is 110 Å². The minimum atomic E-state index is -3.46. The first-order valence-electron chi connectivity index (χ1n) is 6.12. The lowest BCUT2D eigenvalue weighted by Crippen LogP contribution is -2.45. The van der Waals surface area contributed by atoms with Crippen molar-refractivity contribution in [3.8, 4) is 0 Å². The van der Waals surface area contributed by atoms with Crippen molar-refractivity contribution >= 4 is 10.0 Å². The van der Waals surface area contributed by atoms with E-state index in [1.807, 2.05) is 12.1 Å². The zero-order valence-electron chi connectivity index (χ0n) is 11.2. The number of nitrogens with two attached hydrogens (primary N) is 1. The van der Waals surface area contributed by atoms with Crippen LogP contribution in [0.25, 0.3) is 0 Å². The lowest BCUT2D eigenvalue weighted by Gasteiger charge is -2.19. The topological polar surface area (TPSA) is 72.2 Å². The fraction of sp³-hybridized carbons (Fsp3) is 0.538. The monoisotopic (exact) mass is 270 g/mol. The first kappa shape index (κ1) is 15.1. The predicted octanol–water partition coefficient (Wildman–Crippen LogP) is 1.65. The molecule has 0 aromatic heterocycles. The summed E-state index contributed by atoms with van der Waals surface area (Å²) in [5.41, 5.74) is 6.35. The lowest BCUT2D eigenvalue weighted by molar-refractivity contribution is 0.498.